The van der Waals surface area contributed by atoms with E-state index in [0.29, 0.717) is 19.0 Å². The number of hydrogen-bond acceptors (Lipinski definition) is 3. The largest absolute Gasteiger partial charge is 0.480 e. The maximum Gasteiger partial charge on any atom is 0.327 e. The Balaban J connectivity index is 1.91. The summed E-state index contributed by atoms with van der Waals surface area (Å²) in [5.41, 5.74) is 0. The minimum atomic E-state index is -1.13. The van der Waals surface area contributed by atoms with Crippen LogP contribution in [0.2, 0.25) is 0 Å². The van der Waals surface area contributed by atoms with E-state index in [1.54, 1.807) is 4.90 Å². The predicted molar refractivity (Wildman–Crippen MR) is 67.2 cm³/mol. The fourth-order valence-electron chi connectivity index (χ4n) is 2.96. The smallest absolute Gasteiger partial charge is 0.327 e. The Kier molecular flexibility index (Phi) is 3.96. The van der Waals surface area contributed by atoms with Gasteiger partial charge in [0.1, 0.15) is 6.04 Å². The summed E-state index contributed by atoms with van der Waals surface area (Å²) in [7, 11) is 0. The molecule has 2 rings (SSSR count). The van der Waals surface area contributed by atoms with E-state index in [9.17, 15) is 14.7 Å². The number of urea groups is 1. The van der Waals surface area contributed by atoms with Gasteiger partial charge in [-0.05, 0) is 18.8 Å². The third-order valence-electron chi connectivity index (χ3n) is 4.02. The molecule has 3 N–H and O–H groups in total. The first-order chi connectivity index (χ1) is 9.02. The van der Waals surface area contributed by atoms with Crippen LogP contribution in [0.4, 0.5) is 4.79 Å². The number of amides is 2. The number of aliphatic hydroxyl groups is 1. The minimum absolute atomic E-state index is 0.0373. The molecule has 2 amide bonds. The Morgan fingerprint density at radius 1 is 1.42 bits per heavy atom. The highest BCUT2D eigenvalue weighted by Crippen LogP contribution is 2.37. The quantitative estimate of drug-likeness (QED) is 0.621. The lowest BCUT2D eigenvalue weighted by Crippen LogP contribution is -2.47. The van der Waals surface area contributed by atoms with Crippen LogP contribution in [0.1, 0.15) is 19.3 Å². The summed E-state index contributed by atoms with van der Waals surface area (Å²) >= 11 is 0. The van der Waals surface area contributed by atoms with Crippen LogP contribution >= 0.6 is 0 Å². The van der Waals surface area contributed by atoms with Crippen LogP contribution in [0, 0.1) is 24.2 Å². The normalized spacial score (nSPS) is 30.5. The van der Waals surface area contributed by atoms with Gasteiger partial charge in [0.25, 0.3) is 0 Å². The Morgan fingerprint density at radius 2 is 2.16 bits per heavy atom. The number of rotatable bonds is 3. The molecular weight excluding hydrogens is 248 g/mol. The van der Waals surface area contributed by atoms with Crippen LogP contribution in [0.15, 0.2) is 0 Å². The van der Waals surface area contributed by atoms with Crippen LogP contribution in [-0.4, -0.2) is 52.3 Å². The number of carbonyl (C=O) groups is 2. The summed E-state index contributed by atoms with van der Waals surface area (Å²) in [6, 6.07) is -1.47. The second kappa shape index (κ2) is 5.49. The first-order valence-electron chi connectivity index (χ1n) is 6.42. The lowest BCUT2D eigenvalue weighted by atomic mass is 10.00. The topological polar surface area (TPSA) is 89.9 Å². The van der Waals surface area contributed by atoms with Gasteiger partial charge in [-0.15, -0.1) is 12.3 Å². The van der Waals surface area contributed by atoms with Gasteiger partial charge in [0.05, 0.1) is 6.10 Å². The zero-order chi connectivity index (χ0) is 14.0. The van der Waals surface area contributed by atoms with E-state index >= 15 is 0 Å². The first-order valence-corrected chi connectivity index (χ1v) is 6.42. The number of carboxylic acids is 1. The molecule has 0 spiro atoms. The average Bonchev–Trinajstić information content (AvgIpc) is 2.91. The molecule has 0 aromatic rings. The van der Waals surface area contributed by atoms with Crippen LogP contribution in [-0.2, 0) is 4.79 Å². The molecule has 104 valence electrons. The summed E-state index contributed by atoms with van der Waals surface area (Å²) in [5.74, 6) is 1.56. The van der Waals surface area contributed by atoms with Gasteiger partial charge in [0.15, 0.2) is 0 Å². The molecule has 1 saturated heterocycles. The van der Waals surface area contributed by atoms with Gasteiger partial charge >= 0.3 is 12.0 Å². The Labute approximate surface area is 111 Å². The molecule has 0 aromatic carbocycles. The summed E-state index contributed by atoms with van der Waals surface area (Å²) in [6.07, 6.45) is 6.41. The van der Waals surface area contributed by atoms with Gasteiger partial charge in [-0.1, -0.05) is 0 Å². The lowest BCUT2D eigenvalue weighted by molar-refractivity contribution is -0.139. The van der Waals surface area contributed by atoms with Crippen molar-refractivity contribution in [1.82, 2.24) is 10.2 Å². The van der Waals surface area contributed by atoms with Crippen LogP contribution < -0.4 is 5.32 Å². The molecular formula is C13H18N2O4. The number of nitrogens with one attached hydrogen (secondary N) is 1. The second-order valence-electron chi connectivity index (χ2n) is 5.22. The molecule has 2 aliphatic rings. The van der Waals surface area contributed by atoms with Crippen LogP contribution in [0.25, 0.3) is 0 Å². The van der Waals surface area contributed by atoms with Crippen molar-refractivity contribution in [1.29, 1.82) is 0 Å². The molecule has 2 fully saturated rings. The number of hydrogen-bond donors (Lipinski definition) is 3. The molecule has 1 heterocycles. The maximum atomic E-state index is 12.0. The van der Waals surface area contributed by atoms with E-state index in [1.165, 1.54) is 0 Å². The molecule has 1 aliphatic carbocycles. The molecule has 4 atom stereocenters. The molecule has 0 aromatic heterocycles. The third-order valence-corrected chi connectivity index (χ3v) is 4.02. The lowest BCUT2D eigenvalue weighted by Gasteiger charge is -2.21. The van der Waals surface area contributed by atoms with Crippen LogP contribution in [0.5, 0.6) is 0 Å². The van der Waals surface area contributed by atoms with E-state index in [0.717, 1.165) is 12.8 Å². The molecule has 6 nitrogen and oxygen atoms in total. The molecule has 1 aliphatic heterocycles. The number of aliphatic carboxylic acids is 1. The molecule has 6 heteroatoms. The van der Waals surface area contributed by atoms with Gasteiger partial charge in [0, 0.05) is 25.4 Å². The zero-order valence-corrected chi connectivity index (χ0v) is 10.6. The minimum Gasteiger partial charge on any atom is -0.480 e. The highest BCUT2D eigenvalue weighted by Gasteiger charge is 2.43. The Bertz CT molecular complexity index is 417. The van der Waals surface area contributed by atoms with Crippen molar-refractivity contribution in [3.8, 4) is 12.3 Å². The van der Waals surface area contributed by atoms with Gasteiger partial charge < -0.3 is 20.4 Å². The molecule has 4 unspecified atom stereocenters. The fraction of sp³-hybridized carbons (Fsp3) is 0.692. The number of terminal acetylenes is 1. The van der Waals surface area contributed by atoms with Crippen LogP contribution in [0.3, 0.4) is 0 Å². The molecule has 19 heavy (non-hydrogen) atoms. The van der Waals surface area contributed by atoms with Gasteiger partial charge in [0.2, 0.25) is 0 Å². The third kappa shape index (κ3) is 2.82. The summed E-state index contributed by atoms with van der Waals surface area (Å²) in [6.45, 7) is 1.07. The summed E-state index contributed by atoms with van der Waals surface area (Å²) in [4.78, 5) is 24.5. The zero-order valence-electron chi connectivity index (χ0n) is 10.6. The summed E-state index contributed by atoms with van der Waals surface area (Å²) < 4.78 is 0. The summed E-state index contributed by atoms with van der Waals surface area (Å²) in [5, 5.41) is 21.1. The van der Waals surface area contributed by atoms with Crippen molar-refractivity contribution in [3.63, 3.8) is 0 Å². The van der Waals surface area contributed by atoms with E-state index in [4.69, 9.17) is 11.5 Å². The standard InChI is InChI=1S/C13H18N2O4/c1-2-3-10(12(17)18)14-13(19)15-6-8-4-5-11(16)9(8)7-15/h1,8-11,16H,3-7H2,(H,14,19)(H,17,18). The van der Waals surface area contributed by atoms with Crippen molar-refractivity contribution >= 4 is 12.0 Å². The Morgan fingerprint density at radius 3 is 2.74 bits per heavy atom. The van der Waals surface area contributed by atoms with E-state index in [1.807, 2.05) is 0 Å². The van der Waals surface area contributed by atoms with Gasteiger partial charge in [-0.2, -0.15) is 0 Å². The number of fused-ring (bicyclic) bond motifs is 1. The first kappa shape index (κ1) is 13.7. The van der Waals surface area contributed by atoms with Crippen molar-refractivity contribution < 1.29 is 19.8 Å². The van der Waals surface area contributed by atoms with Gasteiger partial charge in [-0.25, -0.2) is 9.59 Å². The second-order valence-corrected chi connectivity index (χ2v) is 5.22. The van der Waals surface area contributed by atoms with E-state index in [-0.39, 0.29) is 18.4 Å². The highest BCUT2D eigenvalue weighted by molar-refractivity contribution is 5.83. The average molecular weight is 266 g/mol. The van der Waals surface area contributed by atoms with E-state index < -0.39 is 18.0 Å². The number of likely N-dealkylation sites (tertiary alicyclic amines) is 1. The monoisotopic (exact) mass is 266 g/mol. The van der Waals surface area contributed by atoms with Crippen molar-refractivity contribution in [3.05, 3.63) is 0 Å². The fourth-order valence-corrected chi connectivity index (χ4v) is 2.96. The SMILES string of the molecule is C#CCC(NC(=O)N1CC2CCC(O)C2C1)C(=O)O. The van der Waals surface area contributed by atoms with Gasteiger partial charge in [-0.3, -0.25) is 0 Å². The molecule has 0 bridgehead atoms. The van der Waals surface area contributed by atoms with Crippen molar-refractivity contribution in [2.75, 3.05) is 13.1 Å². The predicted octanol–water partition coefficient (Wildman–Crippen LogP) is -0.125. The van der Waals surface area contributed by atoms with Crippen molar-refractivity contribution in [2.45, 2.75) is 31.4 Å². The molecule has 1 saturated carbocycles. The number of carbonyl (C=O) groups excluding carboxylic acids is 1. The molecule has 0 radical (unpaired) electrons. The van der Waals surface area contributed by atoms with Crippen molar-refractivity contribution in [2.24, 2.45) is 11.8 Å². The number of nitrogens with zero attached hydrogens (tertiary/aromatic N) is 1. The Hall–Kier alpha value is -1.74. The maximum absolute atomic E-state index is 12.0. The number of carboxylic acid groups (broad SMARTS) is 1. The highest BCUT2D eigenvalue weighted by atomic mass is 16.4. The number of aliphatic hydroxyl groups excluding tert-OH is 1. The van der Waals surface area contributed by atoms with E-state index in [2.05, 4.69) is 11.2 Å².